The van der Waals surface area contributed by atoms with Crippen LogP contribution in [-0.4, -0.2) is 38.2 Å². The third-order valence-electron chi connectivity index (χ3n) is 4.69. The van der Waals surface area contributed by atoms with Crippen LogP contribution < -0.4 is 20.3 Å². The number of hydrogen-bond donors (Lipinski definition) is 2. The number of hydrogen-bond acceptors (Lipinski definition) is 5. The summed E-state index contributed by atoms with van der Waals surface area (Å²) in [5.41, 5.74) is 1.35. The number of carbonyl (C=O) groups excluding carboxylic acids is 3. The molecule has 0 saturated heterocycles. The molecule has 0 spiro atoms. The minimum atomic E-state index is -0.568. The molecule has 0 aromatic heterocycles. The van der Waals surface area contributed by atoms with Gasteiger partial charge in [0.25, 0.3) is 11.8 Å². The van der Waals surface area contributed by atoms with Crippen LogP contribution in [0, 0.1) is 5.82 Å². The Hall–Kier alpha value is -4.40. The van der Waals surface area contributed by atoms with Crippen molar-refractivity contribution in [1.82, 2.24) is 0 Å². The van der Waals surface area contributed by atoms with Crippen molar-refractivity contribution in [2.45, 2.75) is 6.92 Å². The summed E-state index contributed by atoms with van der Waals surface area (Å²) in [5.74, 6) is -1.38. The average Bonchev–Trinajstić information content (AvgIpc) is 2.84. The molecule has 2 N–H and O–H groups in total. The van der Waals surface area contributed by atoms with Gasteiger partial charge in [-0.15, -0.1) is 0 Å². The molecule has 0 atom stereocenters. The van der Waals surface area contributed by atoms with Crippen molar-refractivity contribution in [2.75, 3.05) is 35.8 Å². The van der Waals surface area contributed by atoms with E-state index in [9.17, 15) is 18.8 Å². The largest absolute Gasteiger partial charge is 0.483 e. The molecular formula is C25H24FN3O5. The van der Waals surface area contributed by atoms with Crippen molar-refractivity contribution >= 4 is 35.0 Å². The quantitative estimate of drug-likeness (QED) is 0.503. The van der Waals surface area contributed by atoms with Gasteiger partial charge >= 0.3 is 6.09 Å². The fraction of sp³-hybridized carbons (Fsp3) is 0.160. The van der Waals surface area contributed by atoms with E-state index in [4.69, 9.17) is 9.47 Å². The normalized spacial score (nSPS) is 10.2. The van der Waals surface area contributed by atoms with Crippen molar-refractivity contribution < 1.29 is 28.2 Å². The topological polar surface area (TPSA) is 97.0 Å². The lowest BCUT2D eigenvalue weighted by molar-refractivity contribution is -0.118. The number of carbonyl (C=O) groups is 3. The SMILES string of the molecule is CCOC(=O)N(C)c1ccc(NC(=O)c2ccccc2OCC(=O)Nc2ccccc2F)cc1. The molecule has 3 rings (SSSR count). The molecule has 0 saturated carbocycles. The zero-order valence-electron chi connectivity index (χ0n) is 18.7. The Kier molecular flexibility index (Phi) is 8.17. The lowest BCUT2D eigenvalue weighted by Crippen LogP contribution is -2.26. The Morgan fingerprint density at radius 1 is 0.912 bits per heavy atom. The maximum Gasteiger partial charge on any atom is 0.413 e. The van der Waals surface area contributed by atoms with Gasteiger partial charge in [0.15, 0.2) is 6.61 Å². The predicted molar refractivity (Wildman–Crippen MR) is 127 cm³/mol. The van der Waals surface area contributed by atoms with Gasteiger partial charge < -0.3 is 20.1 Å². The first kappa shape index (κ1) is 24.2. The summed E-state index contributed by atoms with van der Waals surface area (Å²) < 4.78 is 24.2. The molecule has 0 aliphatic rings. The van der Waals surface area contributed by atoms with Crippen molar-refractivity contribution in [2.24, 2.45) is 0 Å². The van der Waals surface area contributed by atoms with Gasteiger partial charge in [-0.05, 0) is 55.5 Å². The van der Waals surface area contributed by atoms with Crippen LogP contribution in [0.25, 0.3) is 0 Å². The third kappa shape index (κ3) is 6.32. The highest BCUT2D eigenvalue weighted by Crippen LogP contribution is 2.22. The molecule has 3 aromatic carbocycles. The van der Waals surface area contributed by atoms with E-state index < -0.39 is 30.3 Å². The second-order valence-electron chi connectivity index (χ2n) is 7.07. The van der Waals surface area contributed by atoms with E-state index in [1.165, 1.54) is 23.1 Å². The highest BCUT2D eigenvalue weighted by atomic mass is 19.1. The fourth-order valence-electron chi connectivity index (χ4n) is 2.96. The van der Waals surface area contributed by atoms with Crippen LogP contribution in [0.4, 0.5) is 26.2 Å². The summed E-state index contributed by atoms with van der Waals surface area (Å²) in [6, 6.07) is 18.9. The highest BCUT2D eigenvalue weighted by Gasteiger charge is 2.15. The number of anilines is 3. The van der Waals surface area contributed by atoms with Gasteiger partial charge in [-0.2, -0.15) is 0 Å². The van der Waals surface area contributed by atoms with Gasteiger partial charge in [0.05, 0.1) is 17.9 Å². The minimum absolute atomic E-state index is 0.0409. The monoisotopic (exact) mass is 465 g/mol. The van der Waals surface area contributed by atoms with Crippen LogP contribution >= 0.6 is 0 Å². The molecule has 0 fully saturated rings. The number of amides is 3. The molecule has 0 aliphatic carbocycles. The van der Waals surface area contributed by atoms with E-state index in [-0.39, 0.29) is 23.6 Å². The summed E-state index contributed by atoms with van der Waals surface area (Å²) in [7, 11) is 1.58. The lowest BCUT2D eigenvalue weighted by Gasteiger charge is -2.17. The Morgan fingerprint density at radius 2 is 1.59 bits per heavy atom. The summed E-state index contributed by atoms with van der Waals surface area (Å²) >= 11 is 0. The summed E-state index contributed by atoms with van der Waals surface area (Å²) in [6.07, 6.45) is -0.482. The second kappa shape index (κ2) is 11.5. The van der Waals surface area contributed by atoms with Crippen LogP contribution in [0.1, 0.15) is 17.3 Å². The van der Waals surface area contributed by atoms with Crippen LogP contribution in [0.15, 0.2) is 72.8 Å². The molecule has 0 aliphatic heterocycles. The number of para-hydroxylation sites is 2. The Labute approximate surface area is 196 Å². The molecule has 3 amide bonds. The van der Waals surface area contributed by atoms with E-state index in [0.717, 1.165) is 0 Å². The maximum absolute atomic E-state index is 13.7. The van der Waals surface area contributed by atoms with E-state index >= 15 is 0 Å². The first-order valence-electron chi connectivity index (χ1n) is 10.5. The van der Waals surface area contributed by atoms with Crippen LogP contribution in [0.2, 0.25) is 0 Å². The van der Waals surface area contributed by atoms with Crippen molar-refractivity contribution in [3.63, 3.8) is 0 Å². The summed E-state index contributed by atoms with van der Waals surface area (Å²) in [5, 5.41) is 5.17. The van der Waals surface area contributed by atoms with Crippen LogP contribution in [-0.2, 0) is 9.53 Å². The number of rotatable bonds is 8. The zero-order chi connectivity index (χ0) is 24.5. The average molecular weight is 465 g/mol. The second-order valence-corrected chi connectivity index (χ2v) is 7.07. The van der Waals surface area contributed by atoms with Gasteiger partial charge in [-0.3, -0.25) is 14.5 Å². The van der Waals surface area contributed by atoms with Gasteiger partial charge in [-0.1, -0.05) is 24.3 Å². The van der Waals surface area contributed by atoms with E-state index in [2.05, 4.69) is 10.6 Å². The van der Waals surface area contributed by atoms with Gasteiger partial charge in [0.1, 0.15) is 11.6 Å². The Bertz CT molecular complexity index is 1170. The smallest absolute Gasteiger partial charge is 0.413 e. The number of nitrogens with zero attached hydrogens (tertiary/aromatic N) is 1. The number of benzene rings is 3. The van der Waals surface area contributed by atoms with Crippen LogP contribution in [0.5, 0.6) is 5.75 Å². The number of halogens is 1. The van der Waals surface area contributed by atoms with E-state index in [1.54, 1.807) is 68.6 Å². The first-order valence-corrected chi connectivity index (χ1v) is 10.5. The molecule has 176 valence electrons. The Balaban J connectivity index is 1.62. The highest BCUT2D eigenvalue weighted by molar-refractivity contribution is 6.06. The van der Waals surface area contributed by atoms with Gasteiger partial charge in [0, 0.05) is 18.4 Å². The first-order chi connectivity index (χ1) is 16.4. The molecule has 3 aromatic rings. The number of ether oxygens (including phenoxy) is 2. The molecule has 9 heteroatoms. The molecule has 0 unspecified atom stereocenters. The molecule has 8 nitrogen and oxygen atoms in total. The van der Waals surface area contributed by atoms with Gasteiger partial charge in [-0.25, -0.2) is 9.18 Å². The van der Waals surface area contributed by atoms with Gasteiger partial charge in [0.2, 0.25) is 0 Å². The molecule has 0 heterocycles. The molecular weight excluding hydrogens is 441 g/mol. The number of nitrogens with one attached hydrogen (secondary N) is 2. The van der Waals surface area contributed by atoms with E-state index in [0.29, 0.717) is 11.4 Å². The molecule has 0 bridgehead atoms. The predicted octanol–water partition coefficient (Wildman–Crippen LogP) is 4.69. The summed E-state index contributed by atoms with van der Waals surface area (Å²) in [6.45, 7) is 1.58. The third-order valence-corrected chi connectivity index (χ3v) is 4.69. The Morgan fingerprint density at radius 3 is 2.29 bits per heavy atom. The van der Waals surface area contributed by atoms with Crippen molar-refractivity contribution in [3.05, 3.63) is 84.2 Å². The molecule has 0 radical (unpaired) electrons. The lowest BCUT2D eigenvalue weighted by atomic mass is 10.1. The standard InChI is InChI=1S/C25H24FN3O5/c1-3-33-25(32)29(2)18-14-12-17(13-15-18)27-24(31)19-8-4-7-11-22(19)34-16-23(30)28-21-10-6-5-9-20(21)26/h4-15H,3,16H2,1-2H3,(H,27,31)(H,28,30). The fourth-order valence-corrected chi connectivity index (χ4v) is 2.96. The maximum atomic E-state index is 13.7. The summed E-state index contributed by atoms with van der Waals surface area (Å²) in [4.78, 5) is 38.1. The molecule has 34 heavy (non-hydrogen) atoms. The van der Waals surface area contributed by atoms with Crippen molar-refractivity contribution in [1.29, 1.82) is 0 Å². The zero-order valence-corrected chi connectivity index (χ0v) is 18.7. The van der Waals surface area contributed by atoms with E-state index in [1.807, 2.05) is 0 Å². The van der Waals surface area contributed by atoms with Crippen LogP contribution in [0.3, 0.4) is 0 Å². The minimum Gasteiger partial charge on any atom is -0.483 e. The van der Waals surface area contributed by atoms with Crippen molar-refractivity contribution in [3.8, 4) is 5.75 Å².